The van der Waals surface area contributed by atoms with Crippen molar-refractivity contribution in [1.29, 1.82) is 0 Å². The third-order valence-corrected chi connectivity index (χ3v) is 3.35. The summed E-state index contributed by atoms with van der Waals surface area (Å²) in [6, 6.07) is 12.2. The van der Waals surface area contributed by atoms with Gasteiger partial charge in [-0.2, -0.15) is 0 Å². The van der Waals surface area contributed by atoms with Crippen LogP contribution in [0.15, 0.2) is 54.6 Å². The predicted octanol–water partition coefficient (Wildman–Crippen LogP) is 4.59. The smallest absolute Gasteiger partial charge is 0.497 e. The van der Waals surface area contributed by atoms with E-state index >= 15 is 0 Å². The van der Waals surface area contributed by atoms with E-state index < -0.39 is 12.3 Å². The molecule has 4 nitrogen and oxygen atoms in total. The van der Waals surface area contributed by atoms with Crippen molar-refractivity contribution in [2.45, 2.75) is 13.3 Å². The first-order valence-corrected chi connectivity index (χ1v) is 7.71. The van der Waals surface area contributed by atoms with Crippen LogP contribution in [0.25, 0.3) is 5.57 Å². The Morgan fingerprint density at radius 2 is 1.46 bits per heavy atom. The van der Waals surface area contributed by atoms with Gasteiger partial charge in [0.2, 0.25) is 0 Å². The standard InChI is InChI=1S/C19H17F3O4/c1-3-25-18(23)12-17(13-4-8-15(24-2)9-5-13)14-6-10-16(11-7-14)26-19(20,21)22/h4-12H,3H2,1-2H3. The van der Waals surface area contributed by atoms with Gasteiger partial charge in [0.05, 0.1) is 13.7 Å². The first-order chi connectivity index (χ1) is 12.3. The van der Waals surface area contributed by atoms with Crippen LogP contribution in [0.2, 0.25) is 0 Å². The van der Waals surface area contributed by atoms with Gasteiger partial charge in [0.15, 0.2) is 0 Å². The molecule has 0 amide bonds. The van der Waals surface area contributed by atoms with Gasteiger partial charge in [-0.3, -0.25) is 0 Å². The average molecular weight is 366 g/mol. The van der Waals surface area contributed by atoms with E-state index in [1.54, 1.807) is 31.2 Å². The molecule has 0 spiro atoms. The molecule has 0 aliphatic heterocycles. The van der Waals surface area contributed by atoms with Gasteiger partial charge in [0.1, 0.15) is 11.5 Å². The van der Waals surface area contributed by atoms with E-state index in [9.17, 15) is 18.0 Å². The van der Waals surface area contributed by atoms with Crippen LogP contribution in [0.3, 0.4) is 0 Å². The van der Waals surface area contributed by atoms with Crippen molar-refractivity contribution in [3.63, 3.8) is 0 Å². The lowest BCUT2D eigenvalue weighted by atomic mass is 9.97. The Hall–Kier alpha value is -2.96. The van der Waals surface area contributed by atoms with E-state index in [1.807, 2.05) is 0 Å². The molecule has 0 aliphatic rings. The second-order valence-electron chi connectivity index (χ2n) is 5.11. The van der Waals surface area contributed by atoms with Crippen LogP contribution in [-0.2, 0) is 9.53 Å². The lowest BCUT2D eigenvalue weighted by Crippen LogP contribution is -2.17. The van der Waals surface area contributed by atoms with E-state index in [-0.39, 0.29) is 12.4 Å². The Balaban J connectivity index is 2.38. The fourth-order valence-electron chi connectivity index (χ4n) is 2.24. The minimum absolute atomic E-state index is 0.212. The summed E-state index contributed by atoms with van der Waals surface area (Å²) in [5, 5.41) is 0. The van der Waals surface area contributed by atoms with Gasteiger partial charge in [0.25, 0.3) is 0 Å². The molecule has 0 bridgehead atoms. The molecule has 2 aromatic carbocycles. The van der Waals surface area contributed by atoms with Gasteiger partial charge >= 0.3 is 12.3 Å². The molecule has 0 aromatic heterocycles. The summed E-state index contributed by atoms with van der Waals surface area (Å²) >= 11 is 0. The SMILES string of the molecule is CCOC(=O)C=C(c1ccc(OC)cc1)c1ccc(OC(F)(F)F)cc1. The lowest BCUT2D eigenvalue weighted by molar-refractivity contribution is -0.274. The van der Waals surface area contributed by atoms with Crippen molar-refractivity contribution in [2.75, 3.05) is 13.7 Å². The molecule has 0 saturated carbocycles. The monoisotopic (exact) mass is 366 g/mol. The first-order valence-electron chi connectivity index (χ1n) is 7.71. The zero-order valence-electron chi connectivity index (χ0n) is 14.2. The van der Waals surface area contributed by atoms with Gasteiger partial charge in [-0.15, -0.1) is 13.2 Å². The lowest BCUT2D eigenvalue weighted by Gasteiger charge is -2.12. The molecule has 26 heavy (non-hydrogen) atoms. The zero-order chi connectivity index (χ0) is 19.2. The normalized spacial score (nSPS) is 11.8. The van der Waals surface area contributed by atoms with E-state index in [4.69, 9.17) is 9.47 Å². The number of rotatable bonds is 6. The van der Waals surface area contributed by atoms with E-state index in [1.165, 1.54) is 37.5 Å². The molecular formula is C19H17F3O4. The summed E-state index contributed by atoms with van der Waals surface area (Å²) in [5.74, 6) is -0.251. The minimum atomic E-state index is -4.76. The second-order valence-corrected chi connectivity index (χ2v) is 5.11. The second kappa shape index (κ2) is 8.42. The van der Waals surface area contributed by atoms with Gasteiger partial charge in [-0.1, -0.05) is 24.3 Å². The van der Waals surface area contributed by atoms with E-state index in [0.717, 1.165) is 0 Å². The molecule has 0 saturated heterocycles. The summed E-state index contributed by atoms with van der Waals surface area (Å²) in [5.41, 5.74) is 1.73. The number of carbonyl (C=O) groups excluding carboxylic acids is 1. The van der Waals surface area contributed by atoms with Crippen molar-refractivity contribution in [1.82, 2.24) is 0 Å². The summed E-state index contributed by atoms with van der Waals surface area (Å²) in [6.45, 7) is 1.89. The van der Waals surface area contributed by atoms with Crippen LogP contribution < -0.4 is 9.47 Å². The highest BCUT2D eigenvalue weighted by Crippen LogP contribution is 2.29. The highest BCUT2D eigenvalue weighted by Gasteiger charge is 2.31. The molecule has 2 rings (SSSR count). The topological polar surface area (TPSA) is 44.8 Å². The third kappa shape index (κ3) is 5.54. The van der Waals surface area contributed by atoms with Crippen LogP contribution in [0.4, 0.5) is 13.2 Å². The highest BCUT2D eigenvalue weighted by molar-refractivity contribution is 5.96. The summed E-state index contributed by atoms with van der Waals surface area (Å²) in [4.78, 5) is 11.9. The Bertz CT molecular complexity index is 763. The Labute approximate surface area is 148 Å². The van der Waals surface area contributed by atoms with Crippen LogP contribution in [-0.4, -0.2) is 26.0 Å². The number of benzene rings is 2. The minimum Gasteiger partial charge on any atom is -0.497 e. The Morgan fingerprint density at radius 3 is 1.88 bits per heavy atom. The largest absolute Gasteiger partial charge is 0.573 e. The van der Waals surface area contributed by atoms with Crippen LogP contribution >= 0.6 is 0 Å². The maximum absolute atomic E-state index is 12.3. The summed E-state index contributed by atoms with van der Waals surface area (Å²) in [7, 11) is 1.53. The molecule has 0 N–H and O–H groups in total. The molecule has 2 aromatic rings. The summed E-state index contributed by atoms with van der Waals surface area (Å²) in [6.07, 6.45) is -3.47. The van der Waals surface area contributed by atoms with E-state index in [2.05, 4.69) is 4.74 Å². The van der Waals surface area contributed by atoms with Crippen molar-refractivity contribution in [3.8, 4) is 11.5 Å². The third-order valence-electron chi connectivity index (χ3n) is 3.35. The first kappa shape index (κ1) is 19.4. The molecular weight excluding hydrogens is 349 g/mol. The fraction of sp³-hybridized carbons (Fsp3) is 0.211. The maximum Gasteiger partial charge on any atom is 0.573 e. The number of esters is 1. The molecule has 0 atom stereocenters. The molecule has 0 heterocycles. The van der Waals surface area contributed by atoms with Crippen LogP contribution in [0, 0.1) is 0 Å². The Morgan fingerprint density at radius 1 is 0.962 bits per heavy atom. The number of halogens is 3. The van der Waals surface area contributed by atoms with Crippen molar-refractivity contribution in [2.24, 2.45) is 0 Å². The number of alkyl halides is 3. The number of ether oxygens (including phenoxy) is 3. The zero-order valence-corrected chi connectivity index (χ0v) is 14.2. The number of hydrogen-bond acceptors (Lipinski definition) is 4. The number of carbonyl (C=O) groups is 1. The van der Waals surface area contributed by atoms with Gasteiger partial charge in [-0.25, -0.2) is 4.79 Å². The predicted molar refractivity (Wildman–Crippen MR) is 89.8 cm³/mol. The quantitative estimate of drug-likeness (QED) is 0.554. The molecule has 0 aliphatic carbocycles. The average Bonchev–Trinajstić information content (AvgIpc) is 2.60. The summed E-state index contributed by atoms with van der Waals surface area (Å²) < 4.78 is 50.8. The highest BCUT2D eigenvalue weighted by atomic mass is 19.4. The molecule has 0 unspecified atom stereocenters. The van der Waals surface area contributed by atoms with Crippen molar-refractivity contribution >= 4 is 11.5 Å². The molecule has 0 radical (unpaired) electrons. The number of methoxy groups -OCH3 is 1. The van der Waals surface area contributed by atoms with Gasteiger partial charge in [0, 0.05) is 6.08 Å². The number of hydrogen-bond donors (Lipinski definition) is 0. The van der Waals surface area contributed by atoms with Gasteiger partial charge < -0.3 is 14.2 Å². The Kier molecular flexibility index (Phi) is 6.27. The van der Waals surface area contributed by atoms with E-state index in [0.29, 0.717) is 22.4 Å². The molecule has 0 fully saturated rings. The molecule has 7 heteroatoms. The van der Waals surface area contributed by atoms with Crippen LogP contribution in [0.1, 0.15) is 18.1 Å². The fourth-order valence-corrected chi connectivity index (χ4v) is 2.24. The molecule has 138 valence electrons. The van der Waals surface area contributed by atoms with Crippen LogP contribution in [0.5, 0.6) is 11.5 Å². The van der Waals surface area contributed by atoms with Crippen molar-refractivity contribution in [3.05, 3.63) is 65.7 Å². The van der Waals surface area contributed by atoms with Crippen molar-refractivity contribution < 1.29 is 32.2 Å². The van der Waals surface area contributed by atoms with Gasteiger partial charge in [-0.05, 0) is 47.9 Å². The maximum atomic E-state index is 12.3.